The van der Waals surface area contributed by atoms with Gasteiger partial charge >= 0.3 is 0 Å². The van der Waals surface area contributed by atoms with E-state index in [2.05, 4.69) is 17.6 Å². The van der Waals surface area contributed by atoms with Crippen LogP contribution in [-0.2, 0) is 9.84 Å². The largest absolute Gasteiger partial charge is 0.384 e. The molecule has 0 radical (unpaired) electrons. The third-order valence-corrected chi connectivity index (χ3v) is 5.11. The van der Waals surface area contributed by atoms with Gasteiger partial charge in [-0.2, -0.15) is 11.3 Å². The van der Waals surface area contributed by atoms with Crippen molar-refractivity contribution >= 4 is 32.5 Å². The minimum absolute atomic E-state index is 0.253. The number of benzene rings is 1. The zero-order chi connectivity index (χ0) is 16.3. The van der Waals surface area contributed by atoms with Crippen molar-refractivity contribution < 1.29 is 13.3 Å². The van der Waals surface area contributed by atoms with Crippen LogP contribution < -0.4 is 5.32 Å². The maximum Gasteiger partial charge on any atom is 0.288 e. The highest BCUT2D eigenvalue weighted by atomic mass is 32.2. The van der Waals surface area contributed by atoms with Crippen molar-refractivity contribution in [2.45, 2.75) is 17.7 Å². The maximum atomic E-state index is 11.7. The van der Waals surface area contributed by atoms with Crippen LogP contribution in [0, 0.1) is 10.1 Å². The first-order valence-corrected chi connectivity index (χ1v) is 9.37. The quantitative estimate of drug-likeness (QED) is 0.644. The van der Waals surface area contributed by atoms with E-state index in [1.165, 1.54) is 23.8 Å². The fourth-order valence-corrected chi connectivity index (χ4v) is 3.66. The first-order valence-electron chi connectivity index (χ1n) is 6.53. The Kier molecular flexibility index (Phi) is 4.82. The summed E-state index contributed by atoms with van der Waals surface area (Å²) in [6.07, 6.45) is 0.965. The third-order valence-electron chi connectivity index (χ3n) is 3.28. The molecule has 1 N–H and O–H groups in total. The van der Waals surface area contributed by atoms with Crippen molar-refractivity contribution in [3.05, 3.63) is 50.7 Å². The topological polar surface area (TPSA) is 89.3 Å². The summed E-state index contributed by atoms with van der Waals surface area (Å²) in [5.41, 5.74) is 1.34. The van der Waals surface area contributed by atoms with E-state index in [9.17, 15) is 18.5 Å². The van der Waals surface area contributed by atoms with Crippen molar-refractivity contribution in [3.63, 3.8) is 0 Å². The van der Waals surface area contributed by atoms with Gasteiger partial charge < -0.3 is 5.32 Å². The smallest absolute Gasteiger partial charge is 0.288 e. The van der Waals surface area contributed by atoms with Gasteiger partial charge in [0, 0.05) is 24.6 Å². The fraction of sp³-hybridized carbons (Fsp3) is 0.286. The molecule has 0 bridgehead atoms. The predicted molar refractivity (Wildman–Crippen MR) is 87.4 cm³/mol. The third kappa shape index (κ3) is 3.83. The average Bonchev–Trinajstić information content (AvgIpc) is 2.97. The molecule has 0 aliphatic heterocycles. The van der Waals surface area contributed by atoms with Crippen molar-refractivity contribution in [2.75, 3.05) is 18.1 Å². The molecule has 0 saturated carbocycles. The number of nitrogens with one attached hydrogen (secondary N) is 1. The number of hydrogen-bond acceptors (Lipinski definition) is 6. The molecule has 0 fully saturated rings. The van der Waals surface area contributed by atoms with Gasteiger partial charge in [0.05, 0.1) is 4.92 Å². The van der Waals surface area contributed by atoms with Gasteiger partial charge in [-0.25, -0.2) is 8.42 Å². The zero-order valence-corrected chi connectivity index (χ0v) is 13.8. The summed E-state index contributed by atoms with van der Waals surface area (Å²) in [6.45, 7) is 2.66. The number of hydrogen-bond donors (Lipinski definition) is 1. The van der Waals surface area contributed by atoms with Crippen LogP contribution in [0.1, 0.15) is 18.4 Å². The Balaban J connectivity index is 2.21. The van der Waals surface area contributed by atoms with Crippen LogP contribution in [0.25, 0.3) is 0 Å². The lowest BCUT2D eigenvalue weighted by atomic mass is 10.1. The molecule has 1 aromatic heterocycles. The molecule has 0 aliphatic carbocycles. The second-order valence-corrected chi connectivity index (χ2v) is 7.81. The van der Waals surface area contributed by atoms with Crippen molar-refractivity contribution in [1.82, 2.24) is 0 Å². The highest BCUT2D eigenvalue weighted by Gasteiger charge is 2.22. The van der Waals surface area contributed by atoms with Crippen LogP contribution in [0.15, 0.2) is 39.9 Å². The Morgan fingerprint density at radius 3 is 2.64 bits per heavy atom. The first kappa shape index (κ1) is 16.4. The summed E-state index contributed by atoms with van der Waals surface area (Å²) < 4.78 is 23.4. The molecular weight excluding hydrogens is 324 g/mol. The van der Waals surface area contributed by atoms with Crippen LogP contribution >= 0.6 is 11.3 Å². The summed E-state index contributed by atoms with van der Waals surface area (Å²) in [5, 5.41) is 18.1. The van der Waals surface area contributed by atoms with E-state index in [0.717, 1.165) is 6.26 Å². The van der Waals surface area contributed by atoms with Gasteiger partial charge in [0.2, 0.25) is 0 Å². The Morgan fingerprint density at radius 2 is 2.09 bits per heavy atom. The normalized spacial score (nSPS) is 12.8. The molecule has 8 heteroatoms. The molecule has 1 aromatic carbocycles. The van der Waals surface area contributed by atoms with Gasteiger partial charge in [0.25, 0.3) is 5.69 Å². The van der Waals surface area contributed by atoms with Crippen LogP contribution in [0.4, 0.5) is 11.4 Å². The van der Waals surface area contributed by atoms with Gasteiger partial charge in [0.1, 0.15) is 4.90 Å². The van der Waals surface area contributed by atoms with Gasteiger partial charge in [-0.15, -0.1) is 0 Å². The maximum absolute atomic E-state index is 11.7. The van der Waals surface area contributed by atoms with E-state index < -0.39 is 20.4 Å². The summed E-state index contributed by atoms with van der Waals surface area (Å²) in [7, 11) is -3.66. The molecule has 0 spiro atoms. The standard InChI is InChI=1S/C14H16N2O4S2/c1-10(11-5-6-21-9-11)8-15-12-3-4-13(16(17)18)14(7-12)22(2,19)20/h3-7,9-10,15H,8H2,1-2H3. The van der Waals surface area contributed by atoms with Crippen LogP contribution in [0.5, 0.6) is 0 Å². The summed E-state index contributed by atoms with van der Waals surface area (Å²) in [6, 6.07) is 6.09. The Labute approximate surface area is 132 Å². The molecule has 0 amide bonds. The number of nitro benzene ring substituents is 1. The van der Waals surface area contributed by atoms with Crippen LogP contribution in [-0.4, -0.2) is 26.1 Å². The molecule has 1 heterocycles. The van der Waals surface area contributed by atoms with Crippen LogP contribution in [0.3, 0.4) is 0 Å². The minimum atomic E-state index is -3.66. The Morgan fingerprint density at radius 1 is 1.36 bits per heavy atom. The Hall–Kier alpha value is -1.93. The summed E-state index contributed by atoms with van der Waals surface area (Å²) >= 11 is 1.62. The van der Waals surface area contributed by atoms with Crippen molar-refractivity contribution in [1.29, 1.82) is 0 Å². The molecule has 6 nitrogen and oxygen atoms in total. The van der Waals surface area contributed by atoms with Crippen LogP contribution in [0.2, 0.25) is 0 Å². The van der Waals surface area contributed by atoms with E-state index in [1.54, 1.807) is 11.3 Å². The lowest BCUT2D eigenvalue weighted by molar-refractivity contribution is -0.387. The van der Waals surface area contributed by atoms with Crippen molar-refractivity contribution in [3.8, 4) is 0 Å². The summed E-state index contributed by atoms with van der Waals surface area (Å²) in [5.74, 6) is 0.253. The molecule has 1 atom stereocenters. The molecule has 2 aromatic rings. The molecular formula is C14H16N2O4S2. The van der Waals surface area contributed by atoms with Gasteiger partial charge in [0.15, 0.2) is 9.84 Å². The molecule has 22 heavy (non-hydrogen) atoms. The highest BCUT2D eigenvalue weighted by Crippen LogP contribution is 2.27. The van der Waals surface area contributed by atoms with E-state index >= 15 is 0 Å². The highest BCUT2D eigenvalue weighted by molar-refractivity contribution is 7.90. The lowest BCUT2D eigenvalue weighted by Crippen LogP contribution is -2.10. The first-order chi connectivity index (χ1) is 10.3. The Bertz CT molecular complexity index is 770. The molecule has 0 saturated heterocycles. The van der Waals surface area contributed by atoms with Gasteiger partial charge in [-0.05, 0) is 40.4 Å². The number of sulfone groups is 1. The predicted octanol–water partition coefficient (Wildman–Crippen LogP) is 3.28. The number of nitro groups is 1. The van der Waals surface area contributed by atoms with E-state index in [-0.39, 0.29) is 10.8 Å². The van der Waals surface area contributed by atoms with Gasteiger partial charge in [-0.3, -0.25) is 10.1 Å². The second kappa shape index (κ2) is 6.45. The zero-order valence-electron chi connectivity index (χ0n) is 12.1. The van der Waals surface area contributed by atoms with E-state index in [4.69, 9.17) is 0 Å². The monoisotopic (exact) mass is 340 g/mol. The molecule has 1 unspecified atom stereocenters. The number of anilines is 1. The van der Waals surface area contributed by atoms with Crippen molar-refractivity contribution in [2.24, 2.45) is 0 Å². The molecule has 2 rings (SSSR count). The number of nitrogens with zero attached hydrogens (tertiary/aromatic N) is 1. The average molecular weight is 340 g/mol. The molecule has 118 valence electrons. The second-order valence-electron chi connectivity index (χ2n) is 5.05. The summed E-state index contributed by atoms with van der Waals surface area (Å²) in [4.78, 5) is 9.96. The lowest BCUT2D eigenvalue weighted by Gasteiger charge is -2.13. The minimum Gasteiger partial charge on any atom is -0.384 e. The van der Waals surface area contributed by atoms with E-state index in [1.807, 2.05) is 11.4 Å². The number of thiophene rings is 1. The fourth-order valence-electron chi connectivity index (χ4n) is 2.02. The van der Waals surface area contributed by atoms with E-state index in [0.29, 0.717) is 12.2 Å². The number of rotatable bonds is 6. The molecule has 0 aliphatic rings. The SMILES string of the molecule is CC(CNc1ccc([N+](=O)[O-])c(S(C)(=O)=O)c1)c1ccsc1. The van der Waals surface area contributed by atoms with Gasteiger partial charge in [-0.1, -0.05) is 6.92 Å².